The molecule has 1 aromatic heterocycles. The Morgan fingerprint density at radius 2 is 1.96 bits per heavy atom. The van der Waals surface area contributed by atoms with Gasteiger partial charge in [0.1, 0.15) is 5.82 Å². The normalized spacial score (nSPS) is 12.1. The van der Waals surface area contributed by atoms with E-state index in [0.29, 0.717) is 17.1 Å². The van der Waals surface area contributed by atoms with Crippen molar-refractivity contribution in [2.75, 3.05) is 19.4 Å². The van der Waals surface area contributed by atoms with Crippen molar-refractivity contribution < 1.29 is 8.42 Å². The number of aryl methyl sites for hydroxylation is 1. The van der Waals surface area contributed by atoms with E-state index < -0.39 is 10.0 Å². The molecule has 0 fully saturated rings. The Morgan fingerprint density at radius 1 is 1.21 bits per heavy atom. The first kappa shape index (κ1) is 20.6. The van der Waals surface area contributed by atoms with Crippen LogP contribution in [0.4, 0.5) is 5.69 Å². The van der Waals surface area contributed by atoms with Crippen LogP contribution in [0.5, 0.6) is 0 Å². The number of rotatable bonds is 7. The van der Waals surface area contributed by atoms with Crippen molar-refractivity contribution in [3.05, 3.63) is 52.8 Å². The molecular formula is C20H25ClN4O2S. The monoisotopic (exact) mass is 420 g/mol. The summed E-state index contributed by atoms with van der Waals surface area (Å²) in [7, 11) is -0.445. The van der Waals surface area contributed by atoms with E-state index >= 15 is 0 Å². The zero-order valence-electron chi connectivity index (χ0n) is 16.5. The van der Waals surface area contributed by atoms with Crippen molar-refractivity contribution >= 4 is 38.3 Å². The molecule has 0 aliphatic carbocycles. The first-order chi connectivity index (χ1) is 13.3. The van der Waals surface area contributed by atoms with Crippen LogP contribution in [0, 0.1) is 6.92 Å². The number of hydrogen-bond donors (Lipinski definition) is 1. The maximum Gasteiger partial charge on any atom is 0.242 e. The smallest absolute Gasteiger partial charge is 0.242 e. The fourth-order valence-corrected chi connectivity index (χ4v) is 4.21. The summed E-state index contributed by atoms with van der Waals surface area (Å²) in [6.45, 7) is 5.40. The second kappa shape index (κ2) is 8.11. The van der Waals surface area contributed by atoms with E-state index in [-0.39, 0.29) is 4.90 Å². The van der Waals surface area contributed by atoms with Gasteiger partial charge < -0.3 is 9.88 Å². The number of sulfonamides is 1. The molecule has 0 aliphatic rings. The molecule has 0 aliphatic heterocycles. The lowest BCUT2D eigenvalue weighted by atomic mass is 10.2. The Hall–Kier alpha value is -2.09. The van der Waals surface area contributed by atoms with Gasteiger partial charge in [0.25, 0.3) is 0 Å². The molecular weight excluding hydrogens is 396 g/mol. The summed E-state index contributed by atoms with van der Waals surface area (Å²) in [6.07, 6.45) is 0.951. The van der Waals surface area contributed by atoms with Gasteiger partial charge in [0, 0.05) is 31.4 Å². The fourth-order valence-electron chi connectivity index (χ4n) is 3.11. The van der Waals surface area contributed by atoms with Crippen molar-refractivity contribution in [1.82, 2.24) is 13.9 Å². The second-order valence-electron chi connectivity index (χ2n) is 6.88. The lowest BCUT2D eigenvalue weighted by Crippen LogP contribution is -2.22. The first-order valence-corrected chi connectivity index (χ1v) is 11.0. The minimum Gasteiger partial charge on any atom is -0.378 e. The van der Waals surface area contributed by atoms with Gasteiger partial charge in [-0.1, -0.05) is 24.6 Å². The van der Waals surface area contributed by atoms with E-state index in [2.05, 4.69) is 16.8 Å². The maximum absolute atomic E-state index is 12.4. The molecule has 0 atom stereocenters. The summed E-state index contributed by atoms with van der Waals surface area (Å²) in [5.74, 6) is 0.857. The predicted octanol–water partition coefficient (Wildman–Crippen LogP) is 4.27. The van der Waals surface area contributed by atoms with Crippen LogP contribution in [0.15, 0.2) is 41.3 Å². The van der Waals surface area contributed by atoms with Crippen molar-refractivity contribution in [2.45, 2.75) is 38.3 Å². The number of nitrogens with one attached hydrogen (secondary N) is 1. The van der Waals surface area contributed by atoms with Gasteiger partial charge in [-0.05, 0) is 49.2 Å². The van der Waals surface area contributed by atoms with Crippen LogP contribution in [0.3, 0.4) is 0 Å². The van der Waals surface area contributed by atoms with Crippen LogP contribution < -0.4 is 5.32 Å². The SMILES string of the molecule is CCCn1c(CNc2cccc(Cl)c2C)nc2cc(S(=O)(=O)N(C)C)ccc21. The van der Waals surface area contributed by atoms with Crippen LogP contribution in [0.1, 0.15) is 24.7 Å². The molecule has 0 saturated heterocycles. The number of aromatic nitrogens is 2. The van der Waals surface area contributed by atoms with E-state index in [9.17, 15) is 8.42 Å². The third-order valence-electron chi connectivity index (χ3n) is 4.73. The van der Waals surface area contributed by atoms with Crippen LogP contribution in [0.2, 0.25) is 5.02 Å². The quantitative estimate of drug-likeness (QED) is 0.619. The molecule has 0 saturated carbocycles. The molecule has 3 rings (SSSR count). The number of nitrogens with zero attached hydrogens (tertiary/aromatic N) is 3. The number of fused-ring (bicyclic) bond motifs is 1. The summed E-state index contributed by atoms with van der Waals surface area (Å²) in [5.41, 5.74) is 3.55. The van der Waals surface area contributed by atoms with Gasteiger partial charge in [0.05, 0.1) is 22.5 Å². The van der Waals surface area contributed by atoms with E-state index in [1.807, 2.05) is 31.2 Å². The average Bonchev–Trinajstić information content (AvgIpc) is 3.00. The highest BCUT2D eigenvalue weighted by Crippen LogP contribution is 2.25. The summed E-state index contributed by atoms with van der Waals surface area (Å²) in [5, 5.41) is 4.11. The number of imidazole rings is 1. The summed E-state index contributed by atoms with van der Waals surface area (Å²) >= 11 is 6.20. The Morgan fingerprint density at radius 3 is 2.64 bits per heavy atom. The molecule has 0 radical (unpaired) electrons. The topological polar surface area (TPSA) is 67.2 Å². The Labute approximate surface area is 171 Å². The predicted molar refractivity (Wildman–Crippen MR) is 114 cm³/mol. The number of halogens is 1. The molecule has 1 N–H and O–H groups in total. The minimum atomic E-state index is -3.50. The van der Waals surface area contributed by atoms with Gasteiger partial charge in [0.2, 0.25) is 10.0 Å². The minimum absolute atomic E-state index is 0.247. The van der Waals surface area contributed by atoms with E-state index in [4.69, 9.17) is 16.6 Å². The molecule has 150 valence electrons. The van der Waals surface area contributed by atoms with Gasteiger partial charge in [-0.15, -0.1) is 0 Å². The van der Waals surface area contributed by atoms with Crippen molar-refractivity contribution in [1.29, 1.82) is 0 Å². The number of anilines is 1. The number of benzene rings is 2. The molecule has 6 nitrogen and oxygen atoms in total. The van der Waals surface area contributed by atoms with Crippen LogP contribution in [-0.2, 0) is 23.1 Å². The Bertz CT molecular complexity index is 1110. The van der Waals surface area contributed by atoms with E-state index in [1.165, 1.54) is 18.4 Å². The van der Waals surface area contributed by atoms with Gasteiger partial charge >= 0.3 is 0 Å². The van der Waals surface area contributed by atoms with Crippen LogP contribution in [0.25, 0.3) is 11.0 Å². The fraction of sp³-hybridized carbons (Fsp3) is 0.350. The second-order valence-corrected chi connectivity index (χ2v) is 9.44. The third kappa shape index (κ3) is 3.87. The van der Waals surface area contributed by atoms with Gasteiger partial charge in [0.15, 0.2) is 0 Å². The molecule has 8 heteroatoms. The van der Waals surface area contributed by atoms with Crippen molar-refractivity contribution in [3.63, 3.8) is 0 Å². The molecule has 0 bridgehead atoms. The molecule has 0 spiro atoms. The highest BCUT2D eigenvalue weighted by molar-refractivity contribution is 7.89. The summed E-state index contributed by atoms with van der Waals surface area (Å²) in [4.78, 5) is 4.96. The lowest BCUT2D eigenvalue weighted by molar-refractivity contribution is 0.521. The Kier molecular flexibility index (Phi) is 5.98. The van der Waals surface area contributed by atoms with Crippen LogP contribution in [-0.4, -0.2) is 36.4 Å². The first-order valence-electron chi connectivity index (χ1n) is 9.16. The molecule has 1 heterocycles. The average molecular weight is 421 g/mol. The van der Waals surface area contributed by atoms with E-state index in [1.54, 1.807) is 12.1 Å². The maximum atomic E-state index is 12.4. The zero-order chi connectivity index (χ0) is 20.5. The third-order valence-corrected chi connectivity index (χ3v) is 6.95. The number of hydrogen-bond acceptors (Lipinski definition) is 4. The van der Waals surface area contributed by atoms with Gasteiger partial charge in [-0.25, -0.2) is 17.7 Å². The van der Waals surface area contributed by atoms with Crippen LogP contribution >= 0.6 is 11.6 Å². The Balaban J connectivity index is 1.99. The van der Waals surface area contributed by atoms with Crippen molar-refractivity contribution in [2.24, 2.45) is 0 Å². The highest BCUT2D eigenvalue weighted by Gasteiger charge is 2.19. The zero-order valence-corrected chi connectivity index (χ0v) is 18.1. The molecule has 0 amide bonds. The van der Waals surface area contributed by atoms with Gasteiger partial charge in [-0.3, -0.25) is 0 Å². The van der Waals surface area contributed by atoms with E-state index in [0.717, 1.165) is 35.6 Å². The lowest BCUT2D eigenvalue weighted by Gasteiger charge is -2.12. The summed E-state index contributed by atoms with van der Waals surface area (Å²) in [6, 6.07) is 10.9. The summed E-state index contributed by atoms with van der Waals surface area (Å²) < 4.78 is 28.2. The molecule has 2 aromatic carbocycles. The highest BCUT2D eigenvalue weighted by atomic mass is 35.5. The largest absolute Gasteiger partial charge is 0.378 e. The standard InChI is InChI=1S/C20H25ClN4O2S/c1-5-11-25-19-10-9-15(28(26,27)24(3)4)12-18(19)23-20(25)13-22-17-8-6-7-16(21)14(17)2/h6-10,12,22H,5,11,13H2,1-4H3. The van der Waals surface area contributed by atoms with Crippen molar-refractivity contribution in [3.8, 4) is 0 Å². The van der Waals surface area contributed by atoms with Gasteiger partial charge in [-0.2, -0.15) is 0 Å². The molecule has 0 unspecified atom stereocenters. The molecule has 28 heavy (non-hydrogen) atoms. The molecule has 3 aromatic rings.